The van der Waals surface area contributed by atoms with Gasteiger partial charge >= 0.3 is 5.97 Å². The Balaban J connectivity index is 1.69. The third-order valence-corrected chi connectivity index (χ3v) is 7.14. The molecule has 0 spiro atoms. The molecule has 1 fully saturated rings. The highest BCUT2D eigenvalue weighted by molar-refractivity contribution is 7.91. The standard InChI is InChI=1S/C15H16N2O4S2/c18-15(19)13-7-12(8-16-9-13)6-11-3-4-17(10-11)23(20,21)14-2-1-5-22-14/h1-2,5,7-9,11H,3-4,6,10H2,(H,18,19). The number of rotatable bonds is 5. The molecule has 0 aromatic carbocycles. The largest absolute Gasteiger partial charge is 0.478 e. The Morgan fingerprint density at radius 2 is 2.26 bits per heavy atom. The zero-order chi connectivity index (χ0) is 16.4. The third kappa shape index (κ3) is 3.44. The van der Waals surface area contributed by atoms with Crippen LogP contribution < -0.4 is 0 Å². The summed E-state index contributed by atoms with van der Waals surface area (Å²) < 4.78 is 26.8. The van der Waals surface area contributed by atoms with Crippen LogP contribution in [0, 0.1) is 5.92 Å². The Bertz CT molecular complexity index is 803. The van der Waals surface area contributed by atoms with Crippen molar-refractivity contribution in [2.45, 2.75) is 17.1 Å². The molecule has 1 atom stereocenters. The van der Waals surface area contributed by atoms with Crippen LogP contribution in [0.3, 0.4) is 0 Å². The lowest BCUT2D eigenvalue weighted by atomic mass is 9.99. The first-order valence-electron chi connectivity index (χ1n) is 7.17. The summed E-state index contributed by atoms with van der Waals surface area (Å²) >= 11 is 1.22. The van der Waals surface area contributed by atoms with Crippen LogP contribution in [-0.4, -0.2) is 41.9 Å². The second-order valence-corrected chi connectivity index (χ2v) is 8.65. The van der Waals surface area contributed by atoms with Gasteiger partial charge in [0.2, 0.25) is 0 Å². The van der Waals surface area contributed by atoms with Crippen molar-refractivity contribution in [1.82, 2.24) is 9.29 Å². The maximum atomic E-state index is 12.5. The molecule has 2 aromatic heterocycles. The van der Waals surface area contributed by atoms with Gasteiger partial charge in [0.05, 0.1) is 5.56 Å². The van der Waals surface area contributed by atoms with Gasteiger partial charge in [-0.3, -0.25) is 4.98 Å². The first kappa shape index (κ1) is 16.1. The molecule has 122 valence electrons. The molecule has 6 nitrogen and oxygen atoms in total. The van der Waals surface area contributed by atoms with Crippen molar-refractivity contribution in [3.05, 3.63) is 47.1 Å². The highest BCUT2D eigenvalue weighted by Gasteiger charge is 2.33. The van der Waals surface area contributed by atoms with Crippen molar-refractivity contribution < 1.29 is 18.3 Å². The highest BCUT2D eigenvalue weighted by atomic mass is 32.2. The second-order valence-electron chi connectivity index (χ2n) is 5.54. The molecule has 0 bridgehead atoms. The molecule has 3 heterocycles. The monoisotopic (exact) mass is 352 g/mol. The van der Waals surface area contributed by atoms with E-state index in [4.69, 9.17) is 5.11 Å². The number of pyridine rings is 1. The summed E-state index contributed by atoms with van der Waals surface area (Å²) in [4.78, 5) is 14.9. The summed E-state index contributed by atoms with van der Waals surface area (Å²) in [5.74, 6) is -0.830. The Morgan fingerprint density at radius 1 is 1.43 bits per heavy atom. The van der Waals surface area contributed by atoms with Gasteiger partial charge in [0.1, 0.15) is 4.21 Å². The van der Waals surface area contributed by atoms with Gasteiger partial charge in [-0.15, -0.1) is 11.3 Å². The van der Waals surface area contributed by atoms with Crippen LogP contribution in [0.25, 0.3) is 0 Å². The molecular weight excluding hydrogens is 336 g/mol. The summed E-state index contributed by atoms with van der Waals surface area (Å²) in [6.45, 7) is 0.953. The van der Waals surface area contributed by atoms with E-state index in [1.54, 1.807) is 29.8 Å². The van der Waals surface area contributed by atoms with E-state index in [1.807, 2.05) is 0 Å². The van der Waals surface area contributed by atoms with E-state index in [9.17, 15) is 13.2 Å². The Labute approximate surface area is 138 Å². The van der Waals surface area contributed by atoms with E-state index >= 15 is 0 Å². The first-order valence-corrected chi connectivity index (χ1v) is 9.49. The number of carboxylic acids is 1. The average Bonchev–Trinajstić information content (AvgIpc) is 3.19. The van der Waals surface area contributed by atoms with E-state index in [-0.39, 0.29) is 11.5 Å². The van der Waals surface area contributed by atoms with Crippen molar-refractivity contribution in [3.63, 3.8) is 0 Å². The molecule has 0 saturated carbocycles. The van der Waals surface area contributed by atoms with Gasteiger partial charge in [-0.05, 0) is 41.8 Å². The summed E-state index contributed by atoms with van der Waals surface area (Å²) in [5.41, 5.74) is 0.980. The van der Waals surface area contributed by atoms with Gasteiger partial charge in [-0.1, -0.05) is 6.07 Å². The van der Waals surface area contributed by atoms with Gasteiger partial charge in [-0.25, -0.2) is 13.2 Å². The lowest BCUT2D eigenvalue weighted by molar-refractivity contribution is 0.0696. The first-order chi connectivity index (χ1) is 11.0. The molecule has 2 aromatic rings. The highest BCUT2D eigenvalue weighted by Crippen LogP contribution is 2.28. The van der Waals surface area contributed by atoms with E-state index in [0.717, 1.165) is 12.0 Å². The van der Waals surface area contributed by atoms with Gasteiger partial charge in [0, 0.05) is 25.5 Å². The fourth-order valence-corrected chi connectivity index (χ4v) is 5.44. The van der Waals surface area contributed by atoms with Crippen LogP contribution in [0.5, 0.6) is 0 Å². The molecule has 1 unspecified atom stereocenters. The zero-order valence-electron chi connectivity index (χ0n) is 12.3. The SMILES string of the molecule is O=C(O)c1cncc(CC2CCN(S(=O)(=O)c3cccs3)C2)c1. The number of carboxylic acid groups (broad SMARTS) is 1. The van der Waals surface area contributed by atoms with Crippen molar-refractivity contribution in [2.24, 2.45) is 5.92 Å². The minimum Gasteiger partial charge on any atom is -0.478 e. The van der Waals surface area contributed by atoms with E-state index < -0.39 is 16.0 Å². The maximum absolute atomic E-state index is 12.5. The maximum Gasteiger partial charge on any atom is 0.337 e. The summed E-state index contributed by atoms with van der Waals surface area (Å²) in [7, 11) is -3.40. The van der Waals surface area contributed by atoms with E-state index in [0.29, 0.717) is 23.7 Å². The fraction of sp³-hybridized carbons (Fsp3) is 0.333. The quantitative estimate of drug-likeness (QED) is 0.890. The fourth-order valence-electron chi connectivity index (χ4n) is 2.77. The Kier molecular flexibility index (Phi) is 4.47. The summed E-state index contributed by atoms with van der Waals surface area (Å²) in [6.07, 6.45) is 4.35. The van der Waals surface area contributed by atoms with Crippen molar-refractivity contribution in [2.75, 3.05) is 13.1 Å². The van der Waals surface area contributed by atoms with Crippen LogP contribution in [0.1, 0.15) is 22.3 Å². The van der Waals surface area contributed by atoms with Gasteiger partial charge in [-0.2, -0.15) is 4.31 Å². The predicted octanol–water partition coefficient (Wildman–Crippen LogP) is 2.09. The average molecular weight is 352 g/mol. The van der Waals surface area contributed by atoms with Crippen molar-refractivity contribution in [3.8, 4) is 0 Å². The lowest BCUT2D eigenvalue weighted by Crippen LogP contribution is -2.28. The molecule has 1 saturated heterocycles. The van der Waals surface area contributed by atoms with Crippen molar-refractivity contribution >= 4 is 27.3 Å². The van der Waals surface area contributed by atoms with Crippen molar-refractivity contribution in [1.29, 1.82) is 0 Å². The number of aromatic carboxylic acids is 1. The molecule has 1 N–H and O–H groups in total. The molecule has 1 aliphatic heterocycles. The Morgan fingerprint density at radius 3 is 2.96 bits per heavy atom. The number of hydrogen-bond donors (Lipinski definition) is 1. The molecule has 0 radical (unpaired) electrons. The minimum absolute atomic E-state index is 0.156. The molecular formula is C15H16N2O4S2. The number of carbonyl (C=O) groups is 1. The van der Waals surface area contributed by atoms with Gasteiger partial charge in [0.25, 0.3) is 10.0 Å². The lowest BCUT2D eigenvalue weighted by Gasteiger charge is -2.15. The predicted molar refractivity (Wildman–Crippen MR) is 86.1 cm³/mol. The van der Waals surface area contributed by atoms with Crippen LogP contribution >= 0.6 is 11.3 Å². The van der Waals surface area contributed by atoms with Crippen LogP contribution in [0.15, 0.2) is 40.2 Å². The minimum atomic E-state index is -3.40. The number of hydrogen-bond acceptors (Lipinski definition) is 5. The number of nitrogens with zero attached hydrogens (tertiary/aromatic N) is 2. The smallest absolute Gasteiger partial charge is 0.337 e. The van der Waals surface area contributed by atoms with Crippen LogP contribution in [-0.2, 0) is 16.4 Å². The molecule has 3 rings (SSSR count). The molecule has 0 amide bonds. The molecule has 0 aliphatic carbocycles. The third-order valence-electron chi connectivity index (χ3n) is 3.90. The summed E-state index contributed by atoms with van der Waals surface area (Å²) in [6, 6.07) is 4.95. The molecule has 8 heteroatoms. The van der Waals surface area contributed by atoms with Crippen LogP contribution in [0.4, 0.5) is 0 Å². The van der Waals surface area contributed by atoms with Crippen LogP contribution in [0.2, 0.25) is 0 Å². The van der Waals surface area contributed by atoms with E-state index in [2.05, 4.69) is 4.98 Å². The topological polar surface area (TPSA) is 87.6 Å². The Hall–Kier alpha value is -1.77. The van der Waals surface area contributed by atoms with E-state index in [1.165, 1.54) is 21.8 Å². The van der Waals surface area contributed by atoms with Gasteiger partial charge < -0.3 is 5.11 Å². The zero-order valence-corrected chi connectivity index (χ0v) is 13.9. The van der Waals surface area contributed by atoms with Gasteiger partial charge in [0.15, 0.2) is 0 Å². The summed E-state index contributed by atoms with van der Waals surface area (Å²) in [5, 5.41) is 10.8. The molecule has 1 aliphatic rings. The number of sulfonamides is 1. The second kappa shape index (κ2) is 6.38. The normalized spacial score (nSPS) is 19.0. The number of aromatic nitrogens is 1. The number of thiophene rings is 1. The molecule has 23 heavy (non-hydrogen) atoms.